The van der Waals surface area contributed by atoms with Gasteiger partial charge < -0.3 is 14.4 Å². The second-order valence-corrected chi connectivity index (χ2v) is 9.76. The highest BCUT2D eigenvalue weighted by atomic mass is 79.9. The minimum Gasteiger partial charge on any atom is -0.346 e. The molecule has 3 heterocycles. The van der Waals surface area contributed by atoms with E-state index in [2.05, 4.69) is 42.7 Å². The summed E-state index contributed by atoms with van der Waals surface area (Å²) in [5, 5.41) is 3.79. The van der Waals surface area contributed by atoms with E-state index in [4.69, 9.17) is 11.6 Å². The Labute approximate surface area is 200 Å². The predicted molar refractivity (Wildman–Crippen MR) is 130 cm³/mol. The van der Waals surface area contributed by atoms with Crippen molar-refractivity contribution in [3.63, 3.8) is 0 Å². The number of aryl methyl sites for hydroxylation is 1. The van der Waals surface area contributed by atoms with Gasteiger partial charge in [-0.3, -0.25) is 14.9 Å². The largest absolute Gasteiger partial charge is 0.346 e. The number of carbonyl (C=O) groups excluding carboxylic acids is 2. The molecule has 1 saturated heterocycles. The molecule has 0 spiro atoms. The molecule has 8 heteroatoms. The molecule has 0 radical (unpaired) electrons. The van der Waals surface area contributed by atoms with Crippen LogP contribution in [0, 0.1) is 0 Å². The maximum Gasteiger partial charge on any atom is 0.259 e. The van der Waals surface area contributed by atoms with Gasteiger partial charge in [-0.05, 0) is 53.6 Å². The van der Waals surface area contributed by atoms with E-state index in [1.165, 1.54) is 0 Å². The molecule has 3 aromatic rings. The molecular formula is C24H24BrClN4O2. The number of hydrogen-bond donors (Lipinski definition) is 1. The second-order valence-electron chi connectivity index (χ2n) is 8.50. The first-order chi connectivity index (χ1) is 15.4. The molecule has 2 aliphatic rings. The van der Waals surface area contributed by atoms with Crippen LogP contribution in [0.2, 0.25) is 5.02 Å². The molecule has 166 valence electrons. The molecule has 1 N–H and O–H groups in total. The van der Waals surface area contributed by atoms with Crippen LogP contribution in [0.1, 0.15) is 27.1 Å². The zero-order valence-corrected chi connectivity index (χ0v) is 20.2. The third kappa shape index (κ3) is 3.77. The van der Waals surface area contributed by atoms with Crippen LogP contribution in [-0.2, 0) is 6.54 Å². The van der Waals surface area contributed by atoms with Crippen LogP contribution < -0.4 is 5.32 Å². The molecule has 32 heavy (non-hydrogen) atoms. The van der Waals surface area contributed by atoms with Crippen LogP contribution in [0.4, 0.5) is 0 Å². The number of nitrogens with one attached hydrogen (secondary N) is 1. The molecule has 0 unspecified atom stereocenters. The smallest absolute Gasteiger partial charge is 0.259 e. The van der Waals surface area contributed by atoms with Crippen molar-refractivity contribution in [1.29, 1.82) is 0 Å². The van der Waals surface area contributed by atoms with Crippen molar-refractivity contribution >= 4 is 50.2 Å². The maximum absolute atomic E-state index is 12.8. The summed E-state index contributed by atoms with van der Waals surface area (Å²) >= 11 is 10.1. The quantitative estimate of drug-likeness (QED) is 0.516. The molecule has 0 saturated carbocycles. The van der Waals surface area contributed by atoms with Gasteiger partial charge in [-0.15, -0.1) is 0 Å². The van der Waals surface area contributed by atoms with Crippen LogP contribution in [0.5, 0.6) is 0 Å². The number of halogens is 2. The average Bonchev–Trinajstić information content (AvgIpc) is 3.25. The highest BCUT2D eigenvalue weighted by Crippen LogP contribution is 2.41. The molecule has 2 aliphatic heterocycles. The number of hydrogen-bond acceptors (Lipinski definition) is 4. The van der Waals surface area contributed by atoms with Crippen molar-refractivity contribution in [2.24, 2.45) is 0 Å². The Morgan fingerprint density at radius 1 is 1.00 bits per heavy atom. The first-order valence-electron chi connectivity index (χ1n) is 10.8. The van der Waals surface area contributed by atoms with Crippen LogP contribution in [0.15, 0.2) is 41.0 Å². The highest BCUT2D eigenvalue weighted by Gasteiger charge is 2.34. The van der Waals surface area contributed by atoms with E-state index < -0.39 is 0 Å². The molecule has 2 amide bonds. The standard InChI is InChI=1S/C24H24BrClN4O2/c1-28-9-11-29(12-10-28)7-4-8-30-14-17(25)21-19(30)13-16(15-5-2-3-6-18(15)26)20-22(21)24(32)27-23(20)31/h2-3,5-6,13-14H,4,7-12H2,1H3,(H,27,31,32). The number of nitrogens with zero attached hydrogens (tertiary/aromatic N) is 3. The molecule has 0 bridgehead atoms. The van der Waals surface area contributed by atoms with E-state index in [-0.39, 0.29) is 11.8 Å². The van der Waals surface area contributed by atoms with E-state index in [1.807, 2.05) is 30.5 Å². The zero-order valence-electron chi connectivity index (χ0n) is 17.8. The summed E-state index contributed by atoms with van der Waals surface area (Å²) in [6, 6.07) is 9.42. The van der Waals surface area contributed by atoms with Crippen molar-refractivity contribution in [2.75, 3.05) is 39.8 Å². The Bertz CT molecular complexity index is 1230. The van der Waals surface area contributed by atoms with Gasteiger partial charge in [0.25, 0.3) is 11.8 Å². The fraction of sp³-hybridized carbons (Fsp3) is 0.333. The molecule has 0 atom stereocenters. The Hall–Kier alpha value is -2.19. The Morgan fingerprint density at radius 2 is 1.72 bits per heavy atom. The van der Waals surface area contributed by atoms with Crippen LogP contribution in [-0.4, -0.2) is 66.0 Å². The van der Waals surface area contributed by atoms with E-state index in [0.29, 0.717) is 21.7 Å². The third-order valence-electron chi connectivity index (χ3n) is 6.44. The fourth-order valence-corrected chi connectivity index (χ4v) is 5.60. The van der Waals surface area contributed by atoms with Crippen molar-refractivity contribution in [3.05, 3.63) is 57.2 Å². The molecule has 2 aromatic carbocycles. The van der Waals surface area contributed by atoms with Gasteiger partial charge in [-0.1, -0.05) is 29.8 Å². The summed E-state index contributed by atoms with van der Waals surface area (Å²) in [4.78, 5) is 30.3. The highest BCUT2D eigenvalue weighted by molar-refractivity contribution is 9.10. The van der Waals surface area contributed by atoms with Crippen molar-refractivity contribution in [1.82, 2.24) is 19.7 Å². The Morgan fingerprint density at radius 3 is 2.47 bits per heavy atom. The van der Waals surface area contributed by atoms with Crippen LogP contribution in [0.3, 0.4) is 0 Å². The minimum absolute atomic E-state index is 0.361. The summed E-state index contributed by atoms with van der Waals surface area (Å²) < 4.78 is 2.99. The van der Waals surface area contributed by atoms with Gasteiger partial charge in [-0.25, -0.2) is 0 Å². The maximum atomic E-state index is 12.8. The van der Waals surface area contributed by atoms with Crippen LogP contribution in [0.25, 0.3) is 22.0 Å². The molecule has 1 aromatic heterocycles. The third-order valence-corrected chi connectivity index (χ3v) is 7.37. The number of benzene rings is 2. The SMILES string of the molecule is CN1CCN(CCCn2cc(Br)c3c4c(c(-c5ccccc5Cl)cc32)C(=O)NC4=O)CC1. The lowest BCUT2D eigenvalue weighted by Crippen LogP contribution is -2.44. The Balaban J connectivity index is 1.54. The van der Waals surface area contributed by atoms with E-state index in [0.717, 1.165) is 66.6 Å². The molecular weight excluding hydrogens is 492 g/mol. The number of fused-ring (bicyclic) bond motifs is 3. The monoisotopic (exact) mass is 514 g/mol. The van der Waals surface area contributed by atoms with Crippen LogP contribution >= 0.6 is 27.5 Å². The number of imide groups is 1. The number of likely N-dealkylation sites (N-methyl/N-ethyl adjacent to an activating group) is 1. The Kier molecular flexibility index (Phi) is 5.84. The topological polar surface area (TPSA) is 57.6 Å². The van der Waals surface area contributed by atoms with Gasteiger partial charge in [0.15, 0.2) is 0 Å². The van der Waals surface area contributed by atoms with Gasteiger partial charge >= 0.3 is 0 Å². The molecule has 6 nitrogen and oxygen atoms in total. The lowest BCUT2D eigenvalue weighted by Gasteiger charge is -2.32. The number of amides is 2. The molecule has 1 fully saturated rings. The summed E-state index contributed by atoms with van der Waals surface area (Å²) in [6.45, 7) is 6.26. The first kappa shape index (κ1) is 21.6. The van der Waals surface area contributed by atoms with Crippen molar-refractivity contribution in [3.8, 4) is 11.1 Å². The lowest BCUT2D eigenvalue weighted by atomic mass is 9.94. The molecule has 5 rings (SSSR count). The number of piperazine rings is 1. The lowest BCUT2D eigenvalue weighted by molar-refractivity contribution is 0.0880. The number of aromatic nitrogens is 1. The fourth-order valence-electron chi connectivity index (χ4n) is 4.71. The second kappa shape index (κ2) is 8.63. The summed E-state index contributed by atoms with van der Waals surface area (Å²) in [6.07, 6.45) is 3.02. The van der Waals surface area contributed by atoms with Crippen molar-refractivity contribution in [2.45, 2.75) is 13.0 Å². The minimum atomic E-state index is -0.378. The number of carbonyl (C=O) groups is 2. The first-order valence-corrected chi connectivity index (χ1v) is 12.0. The predicted octanol–water partition coefficient (Wildman–Crippen LogP) is 4.25. The summed E-state index contributed by atoms with van der Waals surface area (Å²) in [5.41, 5.74) is 3.18. The van der Waals surface area contributed by atoms with Crippen molar-refractivity contribution < 1.29 is 9.59 Å². The van der Waals surface area contributed by atoms with E-state index in [1.54, 1.807) is 6.07 Å². The normalized spacial score (nSPS) is 17.2. The van der Waals surface area contributed by atoms with Gasteiger partial charge in [0, 0.05) is 59.4 Å². The van der Waals surface area contributed by atoms with Gasteiger partial charge in [0.2, 0.25) is 0 Å². The van der Waals surface area contributed by atoms with E-state index in [9.17, 15) is 9.59 Å². The summed E-state index contributed by atoms with van der Waals surface area (Å²) in [5.74, 6) is -0.740. The number of rotatable bonds is 5. The average molecular weight is 516 g/mol. The van der Waals surface area contributed by atoms with Gasteiger partial charge in [0.1, 0.15) is 0 Å². The van der Waals surface area contributed by atoms with E-state index >= 15 is 0 Å². The zero-order chi connectivity index (χ0) is 22.4. The van der Waals surface area contributed by atoms with Gasteiger partial charge in [0.05, 0.1) is 16.6 Å². The molecule has 0 aliphatic carbocycles. The summed E-state index contributed by atoms with van der Waals surface area (Å²) in [7, 11) is 2.16. The van der Waals surface area contributed by atoms with Gasteiger partial charge in [-0.2, -0.15) is 0 Å².